The van der Waals surface area contributed by atoms with Crippen LogP contribution >= 0.6 is 7.82 Å². The summed E-state index contributed by atoms with van der Waals surface area (Å²) >= 11 is 0. The summed E-state index contributed by atoms with van der Waals surface area (Å²) in [7, 11) is -4.33. The Balaban J connectivity index is 3.76. The van der Waals surface area contributed by atoms with Gasteiger partial charge < -0.3 is 9.79 Å². The van der Waals surface area contributed by atoms with E-state index in [0.717, 1.165) is 38.5 Å². The third-order valence-corrected chi connectivity index (χ3v) is 3.62. The molecule has 0 spiro atoms. The Labute approximate surface area is 111 Å². The van der Waals surface area contributed by atoms with E-state index in [1.54, 1.807) is 0 Å². The van der Waals surface area contributed by atoms with Crippen LogP contribution in [0.15, 0.2) is 0 Å². The molecule has 0 aliphatic heterocycles. The average molecular weight is 280 g/mol. The van der Waals surface area contributed by atoms with E-state index in [-0.39, 0.29) is 6.10 Å². The van der Waals surface area contributed by atoms with Gasteiger partial charge in [0.25, 0.3) is 0 Å². The fourth-order valence-electron chi connectivity index (χ4n) is 2.03. The Kier molecular flexibility index (Phi) is 11.0. The van der Waals surface area contributed by atoms with Crippen molar-refractivity contribution in [1.29, 1.82) is 0 Å². The Morgan fingerprint density at radius 1 is 0.889 bits per heavy atom. The van der Waals surface area contributed by atoms with Gasteiger partial charge in [-0.3, -0.25) is 4.52 Å². The molecule has 0 saturated heterocycles. The molecule has 0 fully saturated rings. The van der Waals surface area contributed by atoms with Crippen molar-refractivity contribution in [2.24, 2.45) is 0 Å². The van der Waals surface area contributed by atoms with E-state index in [4.69, 9.17) is 14.3 Å². The molecule has 0 rings (SSSR count). The molecule has 0 radical (unpaired) electrons. The minimum absolute atomic E-state index is 0.281. The maximum absolute atomic E-state index is 10.9. The van der Waals surface area contributed by atoms with Gasteiger partial charge in [-0.15, -0.1) is 0 Å². The van der Waals surface area contributed by atoms with Crippen LogP contribution in [0.3, 0.4) is 0 Å². The fourth-order valence-corrected chi connectivity index (χ4v) is 2.63. The molecule has 4 nitrogen and oxygen atoms in total. The summed E-state index contributed by atoms with van der Waals surface area (Å²) in [5.74, 6) is 0. The van der Waals surface area contributed by atoms with E-state index in [0.29, 0.717) is 0 Å². The molecule has 0 aromatic heterocycles. The summed E-state index contributed by atoms with van der Waals surface area (Å²) in [5, 5.41) is 0. The van der Waals surface area contributed by atoms with Crippen molar-refractivity contribution in [2.75, 3.05) is 0 Å². The zero-order valence-electron chi connectivity index (χ0n) is 11.8. The largest absolute Gasteiger partial charge is 0.469 e. The zero-order chi connectivity index (χ0) is 13.9. The fraction of sp³-hybridized carbons (Fsp3) is 1.00. The summed E-state index contributed by atoms with van der Waals surface area (Å²) in [4.78, 5) is 17.7. The van der Waals surface area contributed by atoms with E-state index in [1.165, 1.54) is 25.7 Å². The van der Waals surface area contributed by atoms with Crippen LogP contribution in [0.2, 0.25) is 0 Å². The van der Waals surface area contributed by atoms with Gasteiger partial charge in [0.1, 0.15) is 0 Å². The minimum atomic E-state index is -4.33. The van der Waals surface area contributed by atoms with Gasteiger partial charge in [-0.2, -0.15) is 0 Å². The highest BCUT2D eigenvalue weighted by atomic mass is 31.2. The number of rotatable bonds is 12. The average Bonchev–Trinajstić information content (AvgIpc) is 2.28. The second-order valence-corrected chi connectivity index (χ2v) is 6.11. The lowest BCUT2D eigenvalue weighted by atomic mass is 10.0. The predicted molar refractivity (Wildman–Crippen MR) is 74.4 cm³/mol. The molecule has 0 aromatic carbocycles. The van der Waals surface area contributed by atoms with E-state index in [9.17, 15) is 4.57 Å². The molecule has 0 amide bonds. The van der Waals surface area contributed by atoms with Crippen molar-refractivity contribution in [2.45, 2.75) is 84.2 Å². The van der Waals surface area contributed by atoms with Crippen LogP contribution in [0.5, 0.6) is 0 Å². The number of phosphoric ester groups is 1. The first-order valence-electron chi connectivity index (χ1n) is 7.23. The first-order chi connectivity index (χ1) is 8.49. The van der Waals surface area contributed by atoms with Crippen molar-refractivity contribution in [3.63, 3.8) is 0 Å². The summed E-state index contributed by atoms with van der Waals surface area (Å²) in [5.41, 5.74) is 0. The van der Waals surface area contributed by atoms with Crippen molar-refractivity contribution < 1.29 is 18.9 Å². The molecule has 0 heterocycles. The number of phosphoric acid groups is 1. The van der Waals surface area contributed by atoms with Gasteiger partial charge in [0.15, 0.2) is 0 Å². The van der Waals surface area contributed by atoms with E-state index >= 15 is 0 Å². The third-order valence-electron chi connectivity index (χ3n) is 3.05. The number of unbranched alkanes of at least 4 members (excludes halogenated alkanes) is 6. The molecule has 0 bridgehead atoms. The van der Waals surface area contributed by atoms with Crippen LogP contribution in [-0.4, -0.2) is 15.9 Å². The highest BCUT2D eigenvalue weighted by molar-refractivity contribution is 7.46. The maximum atomic E-state index is 10.9. The molecule has 0 aromatic rings. The Hall–Kier alpha value is 0.110. The SMILES string of the molecule is CCCCCCCCC(CCCC)OP(=O)(O)O. The Morgan fingerprint density at radius 3 is 1.94 bits per heavy atom. The number of hydrogen-bond acceptors (Lipinski definition) is 2. The van der Waals surface area contributed by atoms with E-state index < -0.39 is 7.82 Å². The van der Waals surface area contributed by atoms with Crippen molar-refractivity contribution in [1.82, 2.24) is 0 Å². The predicted octanol–water partition coefficient (Wildman–Crippen LogP) is 4.41. The standard InChI is InChI=1S/C13H29O4P/c1-3-5-7-8-9-10-12-13(11-6-4-2)17-18(14,15)16/h13H,3-12H2,1-2H3,(H2,14,15,16). The topological polar surface area (TPSA) is 66.8 Å². The van der Waals surface area contributed by atoms with Crippen molar-refractivity contribution >= 4 is 7.82 Å². The lowest BCUT2D eigenvalue weighted by molar-refractivity contribution is 0.116. The lowest BCUT2D eigenvalue weighted by Crippen LogP contribution is -2.11. The van der Waals surface area contributed by atoms with Crippen LogP contribution < -0.4 is 0 Å². The monoisotopic (exact) mass is 280 g/mol. The molecule has 0 aliphatic carbocycles. The molecule has 5 heteroatoms. The summed E-state index contributed by atoms with van der Waals surface area (Å²) in [6.45, 7) is 4.26. The van der Waals surface area contributed by atoms with Gasteiger partial charge in [-0.1, -0.05) is 65.2 Å². The molecule has 1 atom stereocenters. The van der Waals surface area contributed by atoms with Crippen LogP contribution in [-0.2, 0) is 9.09 Å². The quantitative estimate of drug-likeness (QED) is 0.410. The van der Waals surface area contributed by atoms with Gasteiger partial charge in [0, 0.05) is 0 Å². The second-order valence-electron chi connectivity index (χ2n) is 4.92. The van der Waals surface area contributed by atoms with Crippen LogP contribution in [0, 0.1) is 0 Å². The number of hydrogen-bond donors (Lipinski definition) is 2. The molecule has 18 heavy (non-hydrogen) atoms. The molecule has 0 aliphatic rings. The highest BCUT2D eigenvalue weighted by Gasteiger charge is 2.21. The van der Waals surface area contributed by atoms with Crippen LogP contribution in [0.4, 0.5) is 0 Å². The third kappa shape index (κ3) is 12.6. The van der Waals surface area contributed by atoms with Gasteiger partial charge in [0.05, 0.1) is 6.10 Å². The highest BCUT2D eigenvalue weighted by Crippen LogP contribution is 2.39. The summed E-state index contributed by atoms with van der Waals surface area (Å²) < 4.78 is 15.7. The summed E-state index contributed by atoms with van der Waals surface area (Å²) in [6, 6.07) is 0. The molecule has 0 saturated carbocycles. The minimum Gasteiger partial charge on any atom is -0.303 e. The molecule has 110 valence electrons. The first-order valence-corrected chi connectivity index (χ1v) is 8.76. The van der Waals surface area contributed by atoms with Crippen LogP contribution in [0.25, 0.3) is 0 Å². The Morgan fingerprint density at radius 2 is 1.39 bits per heavy atom. The normalized spacial score (nSPS) is 13.8. The second kappa shape index (κ2) is 11.0. The lowest BCUT2D eigenvalue weighted by Gasteiger charge is -2.17. The van der Waals surface area contributed by atoms with Crippen molar-refractivity contribution in [3.8, 4) is 0 Å². The smallest absolute Gasteiger partial charge is 0.303 e. The van der Waals surface area contributed by atoms with Crippen molar-refractivity contribution in [3.05, 3.63) is 0 Å². The first kappa shape index (κ1) is 18.1. The molecule has 2 N–H and O–H groups in total. The Bertz CT molecular complexity index is 227. The van der Waals surface area contributed by atoms with E-state index in [1.807, 2.05) is 0 Å². The van der Waals surface area contributed by atoms with E-state index in [2.05, 4.69) is 13.8 Å². The molecular weight excluding hydrogens is 251 g/mol. The van der Waals surface area contributed by atoms with Gasteiger partial charge in [0.2, 0.25) is 0 Å². The molecular formula is C13H29O4P. The summed E-state index contributed by atoms with van der Waals surface area (Å²) in [6.07, 6.45) is 10.3. The van der Waals surface area contributed by atoms with Gasteiger partial charge >= 0.3 is 7.82 Å². The zero-order valence-corrected chi connectivity index (χ0v) is 12.7. The maximum Gasteiger partial charge on any atom is 0.469 e. The molecule has 1 unspecified atom stereocenters. The van der Waals surface area contributed by atoms with Gasteiger partial charge in [-0.25, -0.2) is 4.57 Å². The van der Waals surface area contributed by atoms with Crippen LogP contribution in [0.1, 0.15) is 78.1 Å². The van der Waals surface area contributed by atoms with Gasteiger partial charge in [-0.05, 0) is 12.8 Å².